The number of benzene rings is 1. The van der Waals surface area contributed by atoms with E-state index in [1.807, 2.05) is 40.6 Å². The first-order valence-corrected chi connectivity index (χ1v) is 11.1. The maximum atomic E-state index is 13.1. The van der Waals surface area contributed by atoms with Crippen LogP contribution >= 0.6 is 11.3 Å². The number of methoxy groups -OCH3 is 3. The molecule has 0 saturated carbocycles. The van der Waals surface area contributed by atoms with Crippen molar-refractivity contribution in [2.75, 3.05) is 47.6 Å². The van der Waals surface area contributed by atoms with Gasteiger partial charge in [-0.15, -0.1) is 11.3 Å². The Morgan fingerprint density at radius 2 is 1.77 bits per heavy atom. The summed E-state index contributed by atoms with van der Waals surface area (Å²) < 4.78 is 15.7. The van der Waals surface area contributed by atoms with E-state index < -0.39 is 0 Å². The second-order valence-electron chi connectivity index (χ2n) is 7.12. The van der Waals surface area contributed by atoms with E-state index in [-0.39, 0.29) is 18.4 Å². The molecule has 1 aromatic heterocycles. The lowest BCUT2D eigenvalue weighted by Crippen LogP contribution is -2.43. The van der Waals surface area contributed by atoms with Gasteiger partial charge in [0.1, 0.15) is 0 Å². The Balaban J connectivity index is 2.09. The number of thiophene rings is 1. The van der Waals surface area contributed by atoms with Crippen LogP contribution in [0.1, 0.15) is 23.8 Å². The lowest BCUT2D eigenvalue weighted by molar-refractivity contribution is -0.139. The van der Waals surface area contributed by atoms with Gasteiger partial charge in [-0.2, -0.15) is 0 Å². The molecule has 0 N–H and O–H groups in total. The molecule has 0 fully saturated rings. The zero-order valence-electron chi connectivity index (χ0n) is 18.8. The van der Waals surface area contributed by atoms with Gasteiger partial charge in [-0.1, -0.05) is 12.1 Å². The molecule has 8 heteroatoms. The number of ether oxygens (including phenoxy) is 3. The van der Waals surface area contributed by atoms with Crippen LogP contribution in [0.3, 0.4) is 0 Å². The molecular formula is C23H32N2O5S. The number of rotatable bonds is 13. The second-order valence-corrected chi connectivity index (χ2v) is 8.15. The van der Waals surface area contributed by atoms with Crippen molar-refractivity contribution in [2.24, 2.45) is 0 Å². The van der Waals surface area contributed by atoms with Crippen molar-refractivity contribution in [1.82, 2.24) is 9.80 Å². The topological polar surface area (TPSA) is 68.3 Å². The van der Waals surface area contributed by atoms with Crippen molar-refractivity contribution < 1.29 is 23.8 Å². The van der Waals surface area contributed by atoms with Crippen LogP contribution in [-0.2, 0) is 27.3 Å². The first-order chi connectivity index (χ1) is 15.0. The van der Waals surface area contributed by atoms with E-state index in [1.165, 1.54) is 6.92 Å². The quantitative estimate of drug-likeness (QED) is 0.440. The maximum absolute atomic E-state index is 13.1. The third-order valence-corrected chi connectivity index (χ3v) is 5.81. The lowest BCUT2D eigenvalue weighted by atomic mass is 10.1. The van der Waals surface area contributed by atoms with E-state index in [0.29, 0.717) is 50.6 Å². The van der Waals surface area contributed by atoms with Crippen LogP contribution in [0.5, 0.6) is 11.5 Å². The third-order valence-electron chi connectivity index (χ3n) is 4.95. The molecule has 7 nitrogen and oxygen atoms in total. The molecule has 31 heavy (non-hydrogen) atoms. The second kappa shape index (κ2) is 13.0. The Kier molecular flexibility index (Phi) is 10.3. The first-order valence-electron chi connectivity index (χ1n) is 10.2. The molecule has 2 amide bonds. The minimum atomic E-state index is -0.111. The predicted molar refractivity (Wildman–Crippen MR) is 122 cm³/mol. The van der Waals surface area contributed by atoms with Crippen LogP contribution in [0.4, 0.5) is 0 Å². The highest BCUT2D eigenvalue weighted by Crippen LogP contribution is 2.27. The standard InChI is InChI=1S/C23H32N2O5S/c1-18(26)24(11-6-13-28-2)17-23(27)25(16-20-7-5-14-31-20)12-10-19-8-9-21(29-3)22(15-19)30-4/h5,7-9,14-15H,6,10-13,16-17H2,1-4H3. The van der Waals surface area contributed by atoms with E-state index in [0.717, 1.165) is 10.4 Å². The Labute approximate surface area is 188 Å². The molecule has 0 aliphatic rings. The molecule has 2 aromatic rings. The van der Waals surface area contributed by atoms with Crippen molar-refractivity contribution in [3.8, 4) is 11.5 Å². The molecule has 1 aromatic carbocycles. The predicted octanol–water partition coefficient (Wildman–Crippen LogP) is 3.22. The normalized spacial score (nSPS) is 10.6. The van der Waals surface area contributed by atoms with Crippen LogP contribution in [0.15, 0.2) is 35.7 Å². The van der Waals surface area contributed by atoms with Gasteiger partial charge in [0.05, 0.1) is 27.3 Å². The molecule has 1 heterocycles. The van der Waals surface area contributed by atoms with E-state index in [1.54, 1.807) is 37.6 Å². The van der Waals surface area contributed by atoms with E-state index in [2.05, 4.69) is 0 Å². The van der Waals surface area contributed by atoms with Gasteiger partial charge in [0.2, 0.25) is 11.8 Å². The molecule has 2 rings (SSSR count). The third kappa shape index (κ3) is 7.88. The Morgan fingerprint density at radius 1 is 1.00 bits per heavy atom. The van der Waals surface area contributed by atoms with Crippen molar-refractivity contribution in [1.29, 1.82) is 0 Å². The maximum Gasteiger partial charge on any atom is 0.242 e. The fourth-order valence-corrected chi connectivity index (χ4v) is 3.91. The first kappa shape index (κ1) is 24.7. The molecule has 0 aliphatic carbocycles. The molecule has 0 spiro atoms. The summed E-state index contributed by atoms with van der Waals surface area (Å²) in [4.78, 5) is 29.6. The highest BCUT2D eigenvalue weighted by Gasteiger charge is 2.20. The van der Waals surface area contributed by atoms with Crippen molar-refractivity contribution in [2.45, 2.75) is 26.3 Å². The molecule has 0 radical (unpaired) electrons. The van der Waals surface area contributed by atoms with Gasteiger partial charge in [0.25, 0.3) is 0 Å². The van der Waals surface area contributed by atoms with Gasteiger partial charge < -0.3 is 24.0 Å². The number of amides is 2. The lowest BCUT2D eigenvalue weighted by Gasteiger charge is -2.27. The zero-order chi connectivity index (χ0) is 22.6. The Morgan fingerprint density at radius 3 is 2.39 bits per heavy atom. The zero-order valence-corrected chi connectivity index (χ0v) is 19.6. The summed E-state index contributed by atoms with van der Waals surface area (Å²) in [5.41, 5.74) is 1.05. The highest BCUT2D eigenvalue weighted by molar-refractivity contribution is 7.09. The summed E-state index contributed by atoms with van der Waals surface area (Å²) in [5.74, 6) is 1.16. The highest BCUT2D eigenvalue weighted by atomic mass is 32.1. The molecule has 0 bridgehead atoms. The molecule has 170 valence electrons. The number of hydrogen-bond acceptors (Lipinski definition) is 6. The van der Waals surface area contributed by atoms with Crippen LogP contribution in [0.2, 0.25) is 0 Å². The van der Waals surface area contributed by atoms with Gasteiger partial charge in [-0.05, 0) is 42.0 Å². The van der Waals surface area contributed by atoms with Gasteiger partial charge >= 0.3 is 0 Å². The SMILES string of the molecule is COCCCN(CC(=O)N(CCc1ccc(OC)c(OC)c1)Cc1cccs1)C(C)=O. The summed E-state index contributed by atoms with van der Waals surface area (Å²) in [7, 11) is 4.83. The fraction of sp³-hybridized carbons (Fsp3) is 0.478. The van der Waals surface area contributed by atoms with Gasteiger partial charge in [0, 0.05) is 38.6 Å². The molecule has 0 saturated heterocycles. The average Bonchev–Trinajstić information content (AvgIpc) is 3.28. The number of hydrogen-bond donors (Lipinski definition) is 0. The summed E-state index contributed by atoms with van der Waals surface area (Å²) in [6.07, 6.45) is 1.36. The summed E-state index contributed by atoms with van der Waals surface area (Å²) in [6.45, 7) is 3.67. The van der Waals surface area contributed by atoms with Crippen LogP contribution in [-0.4, -0.2) is 69.2 Å². The molecule has 0 aliphatic heterocycles. The smallest absolute Gasteiger partial charge is 0.242 e. The Bertz CT molecular complexity index is 825. The number of carbonyl (C=O) groups excluding carboxylic acids is 2. The van der Waals surface area contributed by atoms with Crippen molar-refractivity contribution >= 4 is 23.2 Å². The number of carbonyl (C=O) groups is 2. The fourth-order valence-electron chi connectivity index (χ4n) is 3.19. The van der Waals surface area contributed by atoms with E-state index in [4.69, 9.17) is 14.2 Å². The Hall–Kier alpha value is -2.58. The molecule has 0 atom stereocenters. The summed E-state index contributed by atoms with van der Waals surface area (Å²) >= 11 is 1.62. The molecular weight excluding hydrogens is 416 g/mol. The monoisotopic (exact) mass is 448 g/mol. The minimum absolute atomic E-state index is 0.0658. The minimum Gasteiger partial charge on any atom is -0.493 e. The van der Waals surface area contributed by atoms with Gasteiger partial charge in [-0.3, -0.25) is 9.59 Å². The van der Waals surface area contributed by atoms with E-state index in [9.17, 15) is 9.59 Å². The van der Waals surface area contributed by atoms with Crippen LogP contribution in [0, 0.1) is 0 Å². The van der Waals surface area contributed by atoms with E-state index >= 15 is 0 Å². The van der Waals surface area contributed by atoms with Crippen LogP contribution < -0.4 is 9.47 Å². The van der Waals surface area contributed by atoms with Gasteiger partial charge in [-0.25, -0.2) is 0 Å². The van der Waals surface area contributed by atoms with Crippen molar-refractivity contribution in [3.63, 3.8) is 0 Å². The van der Waals surface area contributed by atoms with Crippen LogP contribution in [0.25, 0.3) is 0 Å². The number of nitrogens with zero attached hydrogens (tertiary/aromatic N) is 2. The van der Waals surface area contributed by atoms with Gasteiger partial charge in [0.15, 0.2) is 11.5 Å². The summed E-state index contributed by atoms with van der Waals surface area (Å²) in [6, 6.07) is 9.76. The molecule has 0 unspecified atom stereocenters. The summed E-state index contributed by atoms with van der Waals surface area (Å²) in [5, 5.41) is 2.00. The van der Waals surface area contributed by atoms with Crippen molar-refractivity contribution in [3.05, 3.63) is 46.2 Å². The average molecular weight is 449 g/mol. The largest absolute Gasteiger partial charge is 0.493 e.